The zero-order chi connectivity index (χ0) is 19.2. The molecular weight excluding hydrogens is 348 g/mol. The van der Waals surface area contributed by atoms with E-state index >= 15 is 0 Å². The molecule has 0 bridgehead atoms. The maximum absolute atomic E-state index is 12.5. The van der Waals surface area contributed by atoms with Crippen molar-refractivity contribution in [3.05, 3.63) is 72.0 Å². The van der Waals surface area contributed by atoms with Gasteiger partial charge in [0.05, 0.1) is 0 Å². The highest BCUT2D eigenvalue weighted by molar-refractivity contribution is 5.99. The topological polar surface area (TPSA) is 97.6 Å². The first-order chi connectivity index (χ1) is 13.1. The van der Waals surface area contributed by atoms with Crippen LogP contribution in [0.5, 0.6) is 0 Å². The van der Waals surface area contributed by atoms with Gasteiger partial charge in [-0.15, -0.1) is 0 Å². The van der Waals surface area contributed by atoms with Crippen LogP contribution in [-0.2, 0) is 9.53 Å². The molecule has 3 rings (SSSR count). The van der Waals surface area contributed by atoms with E-state index in [9.17, 15) is 14.4 Å². The number of hydrogen-bond acceptors (Lipinski definition) is 5. The lowest BCUT2D eigenvalue weighted by molar-refractivity contribution is -0.129. The molecule has 2 aromatic carbocycles. The first-order valence-corrected chi connectivity index (χ1v) is 8.41. The second-order valence-electron chi connectivity index (χ2n) is 5.69. The molecule has 2 N–H and O–H groups in total. The van der Waals surface area contributed by atoms with Crippen LogP contribution in [0, 0.1) is 0 Å². The Kier molecular flexibility index (Phi) is 5.51. The maximum atomic E-state index is 12.5. The van der Waals surface area contributed by atoms with Gasteiger partial charge in [-0.2, -0.15) is 0 Å². The predicted molar refractivity (Wildman–Crippen MR) is 98.0 cm³/mol. The van der Waals surface area contributed by atoms with Crippen molar-refractivity contribution in [1.82, 2.24) is 10.6 Å². The van der Waals surface area contributed by atoms with E-state index < -0.39 is 24.0 Å². The minimum atomic E-state index is -1.30. The van der Waals surface area contributed by atoms with Gasteiger partial charge in [-0.05, 0) is 19.1 Å². The molecule has 7 heteroatoms. The van der Waals surface area contributed by atoms with E-state index in [0.717, 1.165) is 5.39 Å². The van der Waals surface area contributed by atoms with Crippen LogP contribution in [-0.4, -0.2) is 24.5 Å². The van der Waals surface area contributed by atoms with Gasteiger partial charge in [0.1, 0.15) is 5.58 Å². The van der Waals surface area contributed by atoms with Crippen molar-refractivity contribution < 1.29 is 23.5 Å². The van der Waals surface area contributed by atoms with Crippen LogP contribution >= 0.6 is 0 Å². The molecule has 0 aliphatic carbocycles. The van der Waals surface area contributed by atoms with Crippen LogP contribution in [0.25, 0.3) is 11.0 Å². The molecule has 7 nitrogen and oxygen atoms in total. The third-order valence-electron chi connectivity index (χ3n) is 3.77. The summed E-state index contributed by atoms with van der Waals surface area (Å²) in [5.74, 6) is -1.58. The lowest BCUT2D eigenvalue weighted by Gasteiger charge is -2.17. The molecule has 0 aliphatic heterocycles. The van der Waals surface area contributed by atoms with E-state index in [4.69, 9.17) is 9.15 Å². The van der Waals surface area contributed by atoms with Crippen molar-refractivity contribution in [3.63, 3.8) is 0 Å². The molecule has 3 aromatic rings. The number of carbonyl (C=O) groups is 3. The molecule has 1 aromatic heterocycles. The number of fused-ring (bicyclic) bond motifs is 1. The van der Waals surface area contributed by atoms with Gasteiger partial charge >= 0.3 is 12.0 Å². The first kappa shape index (κ1) is 18.2. The van der Waals surface area contributed by atoms with Gasteiger partial charge in [0.2, 0.25) is 11.9 Å². The standard InChI is InChI=1S/C20H18N2O5/c1-2-21-20(25)22-18(23)17(13-8-4-3-5-9-13)27-19(24)16-12-14-10-6-7-11-15(14)26-16/h3-12,17H,2H2,1H3,(H2,21,22,23,25)/t17-/m1/s1. The minimum Gasteiger partial charge on any atom is -0.449 e. The molecule has 1 heterocycles. The molecule has 0 saturated heterocycles. The third-order valence-corrected chi connectivity index (χ3v) is 3.77. The average Bonchev–Trinajstić information content (AvgIpc) is 3.11. The van der Waals surface area contributed by atoms with Crippen molar-refractivity contribution in [2.24, 2.45) is 0 Å². The summed E-state index contributed by atoms with van der Waals surface area (Å²) < 4.78 is 10.8. The van der Waals surface area contributed by atoms with Gasteiger partial charge in [0.15, 0.2) is 0 Å². The lowest BCUT2D eigenvalue weighted by Crippen LogP contribution is -2.42. The molecule has 0 saturated carbocycles. The number of imide groups is 1. The van der Waals surface area contributed by atoms with Crippen LogP contribution < -0.4 is 10.6 Å². The Bertz CT molecular complexity index is 932. The normalized spacial score (nSPS) is 11.6. The third kappa shape index (κ3) is 4.33. The number of carbonyl (C=O) groups excluding carboxylic acids is 3. The van der Waals surface area contributed by atoms with E-state index in [1.807, 2.05) is 6.07 Å². The van der Waals surface area contributed by atoms with Crippen molar-refractivity contribution in [2.45, 2.75) is 13.0 Å². The zero-order valence-corrected chi connectivity index (χ0v) is 14.6. The van der Waals surface area contributed by atoms with E-state index in [0.29, 0.717) is 17.7 Å². The second-order valence-corrected chi connectivity index (χ2v) is 5.69. The van der Waals surface area contributed by atoms with Crippen molar-refractivity contribution in [1.29, 1.82) is 0 Å². The number of esters is 1. The summed E-state index contributed by atoms with van der Waals surface area (Å²) in [4.78, 5) is 36.7. The summed E-state index contributed by atoms with van der Waals surface area (Å²) in [7, 11) is 0. The quantitative estimate of drug-likeness (QED) is 0.676. The van der Waals surface area contributed by atoms with Gasteiger partial charge in [-0.1, -0.05) is 48.5 Å². The Labute approximate surface area is 155 Å². The highest BCUT2D eigenvalue weighted by atomic mass is 16.6. The number of para-hydroxylation sites is 1. The Morgan fingerprint density at radius 2 is 1.74 bits per heavy atom. The number of nitrogens with one attached hydrogen (secondary N) is 2. The summed E-state index contributed by atoms with van der Waals surface area (Å²) in [5.41, 5.74) is 0.969. The molecule has 0 unspecified atom stereocenters. The molecule has 1 atom stereocenters. The average molecular weight is 366 g/mol. The number of hydrogen-bond donors (Lipinski definition) is 2. The van der Waals surface area contributed by atoms with Crippen molar-refractivity contribution in [2.75, 3.05) is 6.54 Å². The van der Waals surface area contributed by atoms with Gasteiger partial charge in [0, 0.05) is 17.5 Å². The predicted octanol–water partition coefficient (Wildman–Crippen LogP) is 3.18. The largest absolute Gasteiger partial charge is 0.449 e. The Morgan fingerprint density at radius 3 is 2.44 bits per heavy atom. The molecule has 138 valence electrons. The second kappa shape index (κ2) is 8.18. The summed E-state index contributed by atoms with van der Waals surface area (Å²) in [5, 5.41) is 5.36. The molecule has 27 heavy (non-hydrogen) atoms. The molecule has 0 fully saturated rings. The summed E-state index contributed by atoms with van der Waals surface area (Å²) in [6, 6.07) is 16.4. The summed E-state index contributed by atoms with van der Waals surface area (Å²) >= 11 is 0. The van der Waals surface area contributed by atoms with Crippen molar-refractivity contribution in [3.8, 4) is 0 Å². The number of ether oxygens (including phenoxy) is 1. The fourth-order valence-electron chi connectivity index (χ4n) is 2.53. The van der Waals surface area contributed by atoms with Gasteiger partial charge in [-0.25, -0.2) is 9.59 Å². The van der Waals surface area contributed by atoms with Crippen LogP contribution in [0.2, 0.25) is 0 Å². The SMILES string of the molecule is CCNC(=O)NC(=O)[C@H](OC(=O)c1cc2ccccc2o1)c1ccccc1. The monoisotopic (exact) mass is 366 g/mol. The minimum absolute atomic E-state index is 0.0251. The molecule has 0 spiro atoms. The fraction of sp³-hybridized carbons (Fsp3) is 0.150. The van der Waals surface area contributed by atoms with Gasteiger partial charge in [0.25, 0.3) is 5.91 Å². The van der Waals surface area contributed by atoms with Crippen LogP contribution in [0.3, 0.4) is 0 Å². The molecule has 0 aliphatic rings. The number of benzene rings is 2. The van der Waals surface area contributed by atoms with Crippen LogP contribution in [0.4, 0.5) is 4.79 Å². The number of rotatable bonds is 5. The fourth-order valence-corrected chi connectivity index (χ4v) is 2.53. The van der Waals surface area contributed by atoms with Crippen molar-refractivity contribution >= 4 is 28.9 Å². The van der Waals surface area contributed by atoms with E-state index in [-0.39, 0.29) is 5.76 Å². The van der Waals surface area contributed by atoms with Gasteiger partial charge < -0.3 is 14.5 Å². The number of amides is 3. The Balaban J connectivity index is 1.83. The molecule has 3 amide bonds. The maximum Gasteiger partial charge on any atom is 0.375 e. The zero-order valence-electron chi connectivity index (χ0n) is 14.6. The van der Waals surface area contributed by atoms with E-state index in [1.54, 1.807) is 61.5 Å². The van der Waals surface area contributed by atoms with Crippen LogP contribution in [0.15, 0.2) is 65.1 Å². The van der Waals surface area contributed by atoms with E-state index in [2.05, 4.69) is 10.6 Å². The summed E-state index contributed by atoms with van der Waals surface area (Å²) in [6.07, 6.45) is -1.30. The lowest BCUT2D eigenvalue weighted by atomic mass is 10.1. The number of urea groups is 1. The summed E-state index contributed by atoms with van der Waals surface area (Å²) in [6.45, 7) is 2.08. The van der Waals surface area contributed by atoms with Crippen LogP contribution in [0.1, 0.15) is 29.1 Å². The highest BCUT2D eigenvalue weighted by Crippen LogP contribution is 2.23. The molecular formula is C20H18N2O5. The Hall–Kier alpha value is -3.61. The number of furan rings is 1. The van der Waals surface area contributed by atoms with E-state index in [1.165, 1.54) is 0 Å². The first-order valence-electron chi connectivity index (χ1n) is 8.41. The Morgan fingerprint density at radius 1 is 1.04 bits per heavy atom. The smallest absolute Gasteiger partial charge is 0.375 e. The molecule has 0 radical (unpaired) electrons. The van der Waals surface area contributed by atoms with Gasteiger partial charge in [-0.3, -0.25) is 10.1 Å². The highest BCUT2D eigenvalue weighted by Gasteiger charge is 2.28.